The molecule has 0 aliphatic heterocycles. The van der Waals surface area contributed by atoms with Gasteiger partial charge in [-0.2, -0.15) is 0 Å². The Labute approximate surface area is 98.6 Å². The molecule has 1 N–H and O–H groups in total. The second-order valence-electron chi connectivity index (χ2n) is 4.01. The molecule has 0 amide bonds. The van der Waals surface area contributed by atoms with Crippen LogP contribution in [0.5, 0.6) is 0 Å². The molecule has 2 aromatic heterocycles. The van der Waals surface area contributed by atoms with Gasteiger partial charge in [-0.3, -0.25) is 0 Å². The van der Waals surface area contributed by atoms with E-state index in [1.54, 1.807) is 6.20 Å². The number of nitrogens with zero attached hydrogens (tertiary/aromatic N) is 2. The first-order chi connectivity index (χ1) is 7.92. The Bertz CT molecular complexity index is 462. The lowest BCUT2D eigenvalue weighted by Gasteiger charge is -2.01. The molecule has 1 saturated carbocycles. The Morgan fingerprint density at radius 1 is 1.31 bits per heavy atom. The highest BCUT2D eigenvalue weighted by atomic mass is 32.1. The second kappa shape index (κ2) is 4.22. The number of hydrogen-bond acceptors (Lipinski definition) is 4. The fourth-order valence-electron chi connectivity index (χ4n) is 1.57. The van der Waals surface area contributed by atoms with Crippen LogP contribution in [0.15, 0.2) is 30.6 Å². The summed E-state index contributed by atoms with van der Waals surface area (Å²) in [6.45, 7) is 0.821. The molecule has 2 aromatic rings. The normalized spacial score (nSPS) is 15.0. The summed E-state index contributed by atoms with van der Waals surface area (Å²) in [6.07, 6.45) is 6.42. The fraction of sp³-hybridized carbons (Fsp3) is 0.333. The second-order valence-corrected chi connectivity index (χ2v) is 5.15. The average molecular weight is 231 g/mol. The number of rotatable bonds is 4. The third-order valence-corrected chi connectivity index (χ3v) is 3.77. The van der Waals surface area contributed by atoms with Gasteiger partial charge in [0.15, 0.2) is 0 Å². The Morgan fingerprint density at radius 2 is 2.25 bits per heavy atom. The number of pyridine rings is 1. The van der Waals surface area contributed by atoms with Crippen LogP contribution < -0.4 is 5.32 Å². The summed E-state index contributed by atoms with van der Waals surface area (Å²) in [5.41, 5.74) is 0. The van der Waals surface area contributed by atoms with Crippen molar-refractivity contribution in [3.8, 4) is 0 Å². The van der Waals surface area contributed by atoms with E-state index in [1.807, 2.05) is 35.7 Å². The zero-order chi connectivity index (χ0) is 10.8. The van der Waals surface area contributed by atoms with Crippen molar-refractivity contribution in [2.45, 2.75) is 25.3 Å². The third kappa shape index (κ3) is 2.22. The molecule has 0 aromatic carbocycles. The Hall–Kier alpha value is -1.42. The molecular formula is C12H13N3S. The Balaban J connectivity index is 1.61. The van der Waals surface area contributed by atoms with Crippen LogP contribution in [0.1, 0.15) is 28.6 Å². The molecular weight excluding hydrogens is 218 g/mol. The van der Waals surface area contributed by atoms with Crippen LogP contribution in [0.2, 0.25) is 0 Å². The van der Waals surface area contributed by atoms with Crippen molar-refractivity contribution in [2.75, 3.05) is 5.32 Å². The van der Waals surface area contributed by atoms with Crippen molar-refractivity contribution >= 4 is 17.2 Å². The molecule has 1 aliphatic carbocycles. The summed E-state index contributed by atoms with van der Waals surface area (Å²) in [6, 6.07) is 5.88. The van der Waals surface area contributed by atoms with Crippen LogP contribution in [0.25, 0.3) is 0 Å². The molecule has 3 nitrogen and oxygen atoms in total. The summed E-state index contributed by atoms with van der Waals surface area (Å²) in [5, 5.41) is 4.60. The van der Waals surface area contributed by atoms with Gasteiger partial charge in [-0.15, -0.1) is 11.3 Å². The zero-order valence-electron chi connectivity index (χ0n) is 8.89. The van der Waals surface area contributed by atoms with Crippen molar-refractivity contribution in [3.05, 3.63) is 40.5 Å². The molecule has 0 bridgehead atoms. The number of hydrogen-bond donors (Lipinski definition) is 1. The minimum atomic E-state index is 0.758. The topological polar surface area (TPSA) is 37.8 Å². The Morgan fingerprint density at radius 3 is 3.00 bits per heavy atom. The van der Waals surface area contributed by atoms with E-state index in [0.717, 1.165) is 18.3 Å². The van der Waals surface area contributed by atoms with E-state index >= 15 is 0 Å². The van der Waals surface area contributed by atoms with Crippen molar-refractivity contribution in [1.29, 1.82) is 0 Å². The summed E-state index contributed by atoms with van der Waals surface area (Å²) >= 11 is 1.82. The van der Waals surface area contributed by atoms with Gasteiger partial charge in [-0.1, -0.05) is 6.07 Å². The lowest BCUT2D eigenvalue weighted by Crippen LogP contribution is -1.98. The van der Waals surface area contributed by atoms with Crippen molar-refractivity contribution in [3.63, 3.8) is 0 Å². The van der Waals surface area contributed by atoms with E-state index in [-0.39, 0.29) is 0 Å². The van der Waals surface area contributed by atoms with E-state index in [4.69, 9.17) is 0 Å². The summed E-state index contributed by atoms with van der Waals surface area (Å²) in [5.74, 6) is 1.68. The maximum absolute atomic E-state index is 4.45. The highest BCUT2D eigenvalue weighted by Gasteiger charge is 2.26. The van der Waals surface area contributed by atoms with E-state index < -0.39 is 0 Å². The van der Waals surface area contributed by atoms with Gasteiger partial charge in [0.1, 0.15) is 5.82 Å². The van der Waals surface area contributed by atoms with E-state index in [0.29, 0.717) is 0 Å². The van der Waals surface area contributed by atoms with E-state index in [1.165, 1.54) is 22.7 Å². The molecule has 1 fully saturated rings. The van der Waals surface area contributed by atoms with Crippen LogP contribution in [-0.4, -0.2) is 9.97 Å². The van der Waals surface area contributed by atoms with E-state index in [2.05, 4.69) is 15.3 Å². The van der Waals surface area contributed by atoms with Gasteiger partial charge in [-0.05, 0) is 25.0 Å². The van der Waals surface area contributed by atoms with Crippen LogP contribution in [0, 0.1) is 0 Å². The molecule has 0 spiro atoms. The standard InChI is InChI=1S/C12H13N3S/c1-2-6-13-11(3-1)14-7-10-8-15-12(16-10)9-4-5-9/h1-3,6,8-9H,4-5,7H2,(H,13,14). The molecule has 0 radical (unpaired) electrons. The first kappa shape index (κ1) is 9.78. The van der Waals surface area contributed by atoms with Crippen LogP contribution >= 0.6 is 11.3 Å². The molecule has 1 aliphatic rings. The highest BCUT2D eigenvalue weighted by Crippen LogP contribution is 2.41. The number of thiazole rings is 1. The van der Waals surface area contributed by atoms with Crippen molar-refractivity contribution in [1.82, 2.24) is 9.97 Å². The van der Waals surface area contributed by atoms with Crippen LogP contribution in [-0.2, 0) is 6.54 Å². The quantitative estimate of drug-likeness (QED) is 0.879. The molecule has 0 unspecified atom stereocenters. The van der Waals surface area contributed by atoms with Gasteiger partial charge in [0.05, 0.1) is 11.6 Å². The zero-order valence-corrected chi connectivity index (χ0v) is 9.70. The molecule has 0 saturated heterocycles. The highest BCUT2D eigenvalue weighted by molar-refractivity contribution is 7.11. The van der Waals surface area contributed by atoms with Crippen molar-refractivity contribution < 1.29 is 0 Å². The molecule has 82 valence electrons. The van der Waals surface area contributed by atoms with Crippen LogP contribution in [0.3, 0.4) is 0 Å². The minimum absolute atomic E-state index is 0.758. The fourth-order valence-corrected chi connectivity index (χ4v) is 2.59. The predicted octanol–water partition coefficient (Wildman–Crippen LogP) is 3.03. The van der Waals surface area contributed by atoms with Gasteiger partial charge >= 0.3 is 0 Å². The lowest BCUT2D eigenvalue weighted by molar-refractivity contribution is 1.07. The van der Waals surface area contributed by atoms with Gasteiger partial charge in [-0.25, -0.2) is 9.97 Å². The molecule has 3 rings (SSSR count). The largest absolute Gasteiger partial charge is 0.365 e. The lowest BCUT2D eigenvalue weighted by atomic mass is 10.4. The minimum Gasteiger partial charge on any atom is -0.365 e. The summed E-state index contributed by atoms with van der Waals surface area (Å²) in [7, 11) is 0. The monoisotopic (exact) mass is 231 g/mol. The Kier molecular flexibility index (Phi) is 2.58. The van der Waals surface area contributed by atoms with Crippen LogP contribution in [0.4, 0.5) is 5.82 Å². The third-order valence-electron chi connectivity index (χ3n) is 2.61. The number of nitrogens with one attached hydrogen (secondary N) is 1. The van der Waals surface area contributed by atoms with Gasteiger partial charge in [0.2, 0.25) is 0 Å². The molecule has 0 atom stereocenters. The molecule has 2 heterocycles. The first-order valence-corrected chi connectivity index (χ1v) is 6.33. The molecule has 4 heteroatoms. The average Bonchev–Trinajstić information content (AvgIpc) is 3.08. The van der Waals surface area contributed by atoms with E-state index in [9.17, 15) is 0 Å². The summed E-state index contributed by atoms with van der Waals surface area (Å²) < 4.78 is 0. The number of anilines is 1. The molecule has 16 heavy (non-hydrogen) atoms. The number of aromatic nitrogens is 2. The first-order valence-electron chi connectivity index (χ1n) is 5.51. The predicted molar refractivity (Wildman–Crippen MR) is 65.7 cm³/mol. The van der Waals surface area contributed by atoms with Gasteiger partial charge in [0, 0.05) is 23.2 Å². The van der Waals surface area contributed by atoms with Gasteiger partial charge < -0.3 is 5.32 Å². The maximum Gasteiger partial charge on any atom is 0.126 e. The van der Waals surface area contributed by atoms with Crippen molar-refractivity contribution in [2.24, 2.45) is 0 Å². The van der Waals surface area contributed by atoms with Gasteiger partial charge in [0.25, 0.3) is 0 Å². The maximum atomic E-state index is 4.45. The summed E-state index contributed by atoms with van der Waals surface area (Å²) in [4.78, 5) is 9.95. The smallest absolute Gasteiger partial charge is 0.126 e. The SMILES string of the molecule is c1ccc(NCc2cnc(C3CC3)s2)nc1.